The molecule has 1 rings (SSSR count). The van der Waals surface area contributed by atoms with Gasteiger partial charge in [-0.15, -0.1) is 0 Å². The molecule has 1 unspecified atom stereocenters. The van der Waals surface area contributed by atoms with Crippen molar-refractivity contribution in [3.8, 4) is 0 Å². The average molecular weight is 206 g/mol. The number of oxime groups is 1. The van der Waals surface area contributed by atoms with Crippen molar-refractivity contribution in [2.24, 2.45) is 5.16 Å². The minimum Gasteiger partial charge on any atom is -0.398 e. The second kappa shape index (κ2) is 5.39. The molecule has 0 saturated heterocycles. The van der Waals surface area contributed by atoms with Gasteiger partial charge in [0.05, 0.1) is 5.71 Å². The van der Waals surface area contributed by atoms with E-state index < -0.39 is 0 Å². The first-order valence-corrected chi connectivity index (χ1v) is 5.20. The van der Waals surface area contributed by atoms with Crippen molar-refractivity contribution < 1.29 is 4.84 Å². The summed E-state index contributed by atoms with van der Waals surface area (Å²) in [6, 6.07) is 7.64. The summed E-state index contributed by atoms with van der Waals surface area (Å²) < 4.78 is 0. The van der Waals surface area contributed by atoms with Gasteiger partial charge in [0.1, 0.15) is 6.10 Å². The van der Waals surface area contributed by atoms with Crippen molar-refractivity contribution in [1.82, 2.24) is 0 Å². The molecular formula is C12H18N2O. The highest BCUT2D eigenvalue weighted by Crippen LogP contribution is 2.12. The first-order chi connectivity index (χ1) is 7.15. The Morgan fingerprint density at radius 2 is 2.13 bits per heavy atom. The Hall–Kier alpha value is -1.51. The summed E-state index contributed by atoms with van der Waals surface area (Å²) in [6.45, 7) is 5.95. The molecule has 2 N–H and O–H groups in total. The zero-order valence-corrected chi connectivity index (χ0v) is 9.53. The Morgan fingerprint density at radius 1 is 1.47 bits per heavy atom. The lowest BCUT2D eigenvalue weighted by molar-refractivity contribution is 0.0700. The zero-order chi connectivity index (χ0) is 11.3. The van der Waals surface area contributed by atoms with E-state index in [1.54, 1.807) is 0 Å². The predicted octanol–water partition coefficient (Wildman–Crippen LogP) is 2.81. The molecule has 0 bridgehead atoms. The lowest BCUT2D eigenvalue weighted by atomic mass is 10.1. The molecule has 0 aliphatic carbocycles. The lowest BCUT2D eigenvalue weighted by Crippen LogP contribution is -2.06. The van der Waals surface area contributed by atoms with Crippen molar-refractivity contribution in [3.63, 3.8) is 0 Å². The van der Waals surface area contributed by atoms with E-state index in [1.807, 2.05) is 38.1 Å². The molecule has 1 aromatic rings. The second-order valence-electron chi connectivity index (χ2n) is 3.59. The molecule has 0 radical (unpaired) electrons. The molecule has 0 fully saturated rings. The number of para-hydroxylation sites is 1. The normalized spacial score (nSPS) is 13.7. The van der Waals surface area contributed by atoms with Crippen LogP contribution in [0.3, 0.4) is 0 Å². The molecule has 0 amide bonds. The Kier molecular flexibility index (Phi) is 4.16. The molecule has 0 aromatic heterocycles. The van der Waals surface area contributed by atoms with Crippen LogP contribution in [0.25, 0.3) is 0 Å². The summed E-state index contributed by atoms with van der Waals surface area (Å²) in [4.78, 5) is 5.29. The largest absolute Gasteiger partial charge is 0.398 e. The molecule has 3 nitrogen and oxygen atoms in total. The van der Waals surface area contributed by atoms with Gasteiger partial charge in [-0.2, -0.15) is 0 Å². The summed E-state index contributed by atoms with van der Waals surface area (Å²) in [6.07, 6.45) is 1.09. The maximum Gasteiger partial charge on any atom is 0.124 e. The Balaban J connectivity index is 2.76. The van der Waals surface area contributed by atoms with E-state index in [1.165, 1.54) is 0 Å². The van der Waals surface area contributed by atoms with Crippen LogP contribution in [0, 0.1) is 0 Å². The van der Waals surface area contributed by atoms with Crippen LogP contribution in [0.15, 0.2) is 29.4 Å². The number of benzene rings is 1. The van der Waals surface area contributed by atoms with Crippen LogP contribution in [-0.2, 0) is 4.84 Å². The van der Waals surface area contributed by atoms with Gasteiger partial charge in [0.25, 0.3) is 0 Å². The molecule has 82 valence electrons. The fourth-order valence-electron chi connectivity index (χ4n) is 1.12. The highest BCUT2D eigenvalue weighted by Gasteiger charge is 2.03. The molecule has 0 heterocycles. The van der Waals surface area contributed by atoms with Gasteiger partial charge >= 0.3 is 0 Å². The smallest absolute Gasteiger partial charge is 0.124 e. The predicted molar refractivity (Wildman–Crippen MR) is 63.9 cm³/mol. The topological polar surface area (TPSA) is 47.6 Å². The van der Waals surface area contributed by atoms with Gasteiger partial charge in [-0.25, -0.2) is 0 Å². The molecule has 0 saturated carbocycles. The van der Waals surface area contributed by atoms with Crippen molar-refractivity contribution in [1.29, 1.82) is 0 Å². The minimum absolute atomic E-state index is 0.143. The Bertz CT molecular complexity index is 347. The molecule has 0 aliphatic rings. The van der Waals surface area contributed by atoms with Crippen LogP contribution < -0.4 is 5.73 Å². The van der Waals surface area contributed by atoms with E-state index in [0.717, 1.165) is 23.4 Å². The molecule has 0 spiro atoms. The van der Waals surface area contributed by atoms with Crippen LogP contribution in [-0.4, -0.2) is 11.8 Å². The Morgan fingerprint density at radius 3 is 2.73 bits per heavy atom. The summed E-state index contributed by atoms with van der Waals surface area (Å²) in [5.74, 6) is 0. The average Bonchev–Trinajstić information content (AvgIpc) is 2.26. The molecule has 3 heteroatoms. The fraction of sp³-hybridized carbons (Fsp3) is 0.417. The van der Waals surface area contributed by atoms with E-state index in [9.17, 15) is 0 Å². The maximum absolute atomic E-state index is 5.82. The van der Waals surface area contributed by atoms with Crippen LogP contribution in [0.5, 0.6) is 0 Å². The van der Waals surface area contributed by atoms with Crippen molar-refractivity contribution >= 4 is 11.4 Å². The van der Waals surface area contributed by atoms with Gasteiger partial charge in [-0.05, 0) is 26.3 Å². The summed E-state index contributed by atoms with van der Waals surface area (Å²) in [5, 5.41) is 4.06. The third-order valence-corrected chi connectivity index (χ3v) is 2.30. The van der Waals surface area contributed by atoms with Gasteiger partial charge in [0.2, 0.25) is 0 Å². The molecule has 15 heavy (non-hydrogen) atoms. The summed E-state index contributed by atoms with van der Waals surface area (Å²) in [7, 11) is 0. The summed E-state index contributed by atoms with van der Waals surface area (Å²) in [5.41, 5.74) is 8.30. The van der Waals surface area contributed by atoms with E-state index >= 15 is 0 Å². The number of nitrogens with zero attached hydrogens (tertiary/aromatic N) is 1. The second-order valence-corrected chi connectivity index (χ2v) is 3.59. The fourth-order valence-corrected chi connectivity index (χ4v) is 1.12. The van der Waals surface area contributed by atoms with E-state index in [4.69, 9.17) is 10.6 Å². The van der Waals surface area contributed by atoms with Crippen molar-refractivity contribution in [3.05, 3.63) is 29.8 Å². The molecule has 1 atom stereocenters. The lowest BCUT2D eigenvalue weighted by Gasteiger charge is -2.08. The van der Waals surface area contributed by atoms with Crippen molar-refractivity contribution in [2.75, 3.05) is 5.73 Å². The van der Waals surface area contributed by atoms with E-state index in [-0.39, 0.29) is 6.10 Å². The zero-order valence-electron chi connectivity index (χ0n) is 9.53. The maximum atomic E-state index is 5.82. The van der Waals surface area contributed by atoms with Crippen LogP contribution in [0.4, 0.5) is 5.69 Å². The van der Waals surface area contributed by atoms with Crippen LogP contribution in [0.2, 0.25) is 0 Å². The highest BCUT2D eigenvalue weighted by atomic mass is 16.6. The number of anilines is 1. The van der Waals surface area contributed by atoms with Crippen LogP contribution in [0.1, 0.15) is 32.8 Å². The van der Waals surface area contributed by atoms with Crippen molar-refractivity contribution in [2.45, 2.75) is 33.3 Å². The molecule has 0 aliphatic heterocycles. The summed E-state index contributed by atoms with van der Waals surface area (Å²) >= 11 is 0. The third-order valence-electron chi connectivity index (χ3n) is 2.30. The monoisotopic (exact) mass is 206 g/mol. The first-order valence-electron chi connectivity index (χ1n) is 5.20. The van der Waals surface area contributed by atoms with Gasteiger partial charge in [0.15, 0.2) is 0 Å². The van der Waals surface area contributed by atoms with E-state index in [0.29, 0.717) is 0 Å². The van der Waals surface area contributed by atoms with E-state index in [2.05, 4.69) is 12.1 Å². The third kappa shape index (κ3) is 3.27. The number of nitrogen functional groups attached to an aromatic ring is 1. The quantitative estimate of drug-likeness (QED) is 0.468. The van der Waals surface area contributed by atoms with Crippen LogP contribution >= 0.6 is 0 Å². The van der Waals surface area contributed by atoms with Gasteiger partial charge in [-0.3, -0.25) is 0 Å². The SMILES string of the molecule is CCC(C)O/N=C(\C)c1ccccc1N. The molecule has 1 aromatic carbocycles. The number of rotatable bonds is 4. The number of hydrogen-bond donors (Lipinski definition) is 1. The highest BCUT2D eigenvalue weighted by molar-refractivity contribution is 6.02. The van der Waals surface area contributed by atoms with Gasteiger partial charge in [-0.1, -0.05) is 30.3 Å². The number of hydrogen-bond acceptors (Lipinski definition) is 3. The minimum atomic E-state index is 0.143. The standard InChI is InChI=1S/C12H18N2O/c1-4-9(2)15-14-10(3)11-7-5-6-8-12(11)13/h5-9H,4,13H2,1-3H3/b14-10+. The van der Waals surface area contributed by atoms with Gasteiger partial charge < -0.3 is 10.6 Å². The molecular weight excluding hydrogens is 188 g/mol. The van der Waals surface area contributed by atoms with Gasteiger partial charge in [0, 0.05) is 11.3 Å². The Labute approximate surface area is 90.9 Å². The number of nitrogens with two attached hydrogens (primary N) is 1. The first kappa shape index (κ1) is 11.6.